The summed E-state index contributed by atoms with van der Waals surface area (Å²) < 4.78 is 1.78. The number of amides is 2. The third-order valence-corrected chi connectivity index (χ3v) is 4.06. The van der Waals surface area contributed by atoms with Gasteiger partial charge in [-0.2, -0.15) is 5.10 Å². The molecule has 0 unspecified atom stereocenters. The second-order valence-corrected chi connectivity index (χ2v) is 5.10. The number of aryl methyl sites for hydroxylation is 1. The number of nitrogens with one attached hydrogen (secondary N) is 1. The minimum Gasteiger partial charge on any atom is -0.342 e. The highest BCUT2D eigenvalue weighted by Crippen LogP contribution is 2.26. The minimum atomic E-state index is -0.790. The van der Waals surface area contributed by atoms with Gasteiger partial charge >= 0.3 is 0 Å². The molecule has 6 nitrogen and oxygen atoms in total. The van der Waals surface area contributed by atoms with Gasteiger partial charge in [-0.05, 0) is 19.8 Å². The molecule has 0 saturated carbocycles. The van der Waals surface area contributed by atoms with Crippen LogP contribution in [0.1, 0.15) is 40.0 Å². The number of hydrogen-bond acceptors (Lipinski definition) is 3. The molecule has 2 amide bonds. The third kappa shape index (κ3) is 2.42. The summed E-state index contributed by atoms with van der Waals surface area (Å²) in [5.41, 5.74) is -0.0262. The van der Waals surface area contributed by atoms with Gasteiger partial charge in [0.25, 0.3) is 5.91 Å². The molecule has 1 saturated heterocycles. The summed E-state index contributed by atoms with van der Waals surface area (Å²) in [7, 11) is 0. The predicted molar refractivity (Wildman–Crippen MR) is 76.3 cm³/mol. The molecule has 110 valence electrons. The van der Waals surface area contributed by atoms with Crippen molar-refractivity contribution in [1.29, 1.82) is 0 Å². The van der Waals surface area contributed by atoms with E-state index in [1.54, 1.807) is 15.8 Å². The molecule has 0 spiro atoms. The van der Waals surface area contributed by atoms with Crippen LogP contribution in [0.3, 0.4) is 0 Å². The Morgan fingerprint density at radius 1 is 1.30 bits per heavy atom. The van der Waals surface area contributed by atoms with Gasteiger partial charge in [0.2, 0.25) is 5.91 Å². The Bertz CT molecular complexity index is 505. The molecule has 0 aromatic carbocycles. The van der Waals surface area contributed by atoms with Gasteiger partial charge in [0.15, 0.2) is 0 Å². The third-order valence-electron chi connectivity index (χ3n) is 4.06. The monoisotopic (exact) mass is 278 g/mol. The van der Waals surface area contributed by atoms with E-state index in [0.29, 0.717) is 25.8 Å². The quantitative estimate of drug-likeness (QED) is 0.903. The lowest BCUT2D eigenvalue weighted by Crippen LogP contribution is -2.56. The molecule has 2 rings (SSSR count). The van der Waals surface area contributed by atoms with Crippen LogP contribution in [0.25, 0.3) is 0 Å². The van der Waals surface area contributed by atoms with Gasteiger partial charge < -0.3 is 10.2 Å². The van der Waals surface area contributed by atoms with Crippen LogP contribution in [-0.2, 0) is 16.1 Å². The molecule has 6 heteroatoms. The molecule has 0 bridgehead atoms. The van der Waals surface area contributed by atoms with E-state index in [-0.39, 0.29) is 11.8 Å². The van der Waals surface area contributed by atoms with Crippen LogP contribution in [0, 0.1) is 0 Å². The van der Waals surface area contributed by atoms with Crippen molar-refractivity contribution in [1.82, 2.24) is 15.1 Å². The lowest BCUT2D eigenvalue weighted by atomic mass is 9.91. The van der Waals surface area contributed by atoms with Crippen LogP contribution in [0.5, 0.6) is 0 Å². The summed E-state index contributed by atoms with van der Waals surface area (Å²) in [5.74, 6) is -0.101. The largest absolute Gasteiger partial charge is 0.342 e. The van der Waals surface area contributed by atoms with Crippen LogP contribution in [0.4, 0.5) is 5.69 Å². The molecule has 2 heterocycles. The molecule has 1 aromatic heterocycles. The van der Waals surface area contributed by atoms with E-state index >= 15 is 0 Å². The predicted octanol–water partition coefficient (Wildman–Crippen LogP) is 1.31. The molecule has 0 atom stereocenters. The maximum absolute atomic E-state index is 12.8. The van der Waals surface area contributed by atoms with Crippen molar-refractivity contribution in [3.05, 3.63) is 12.4 Å². The molecule has 1 aliphatic rings. The molecule has 1 aromatic rings. The smallest absolute Gasteiger partial charge is 0.252 e. The van der Waals surface area contributed by atoms with Crippen LogP contribution in [0.2, 0.25) is 0 Å². The minimum absolute atomic E-state index is 0.0380. The standard InChI is InChI=1S/C14H22N4O2/c1-4-14(5-2)13(20)18(8-7-12(19)16-14)11-9-15-17(6-3)10-11/h9-10H,4-8H2,1-3H3,(H,16,19). The number of rotatable bonds is 4. The van der Waals surface area contributed by atoms with Crippen LogP contribution >= 0.6 is 0 Å². The Labute approximate surface area is 119 Å². The first kappa shape index (κ1) is 14.6. The van der Waals surface area contributed by atoms with Gasteiger partial charge in [0, 0.05) is 25.7 Å². The van der Waals surface area contributed by atoms with Gasteiger partial charge in [-0.1, -0.05) is 13.8 Å². The van der Waals surface area contributed by atoms with Gasteiger partial charge in [-0.25, -0.2) is 0 Å². The SMILES string of the molecule is CCn1cc(N2CCC(=O)NC(CC)(CC)C2=O)cn1. The maximum atomic E-state index is 12.8. The fourth-order valence-electron chi connectivity index (χ4n) is 2.60. The first-order valence-electron chi connectivity index (χ1n) is 7.21. The Morgan fingerprint density at radius 2 is 2.00 bits per heavy atom. The summed E-state index contributed by atoms with van der Waals surface area (Å²) in [6.07, 6.45) is 5.04. The fourth-order valence-corrected chi connectivity index (χ4v) is 2.60. The Balaban J connectivity index is 2.37. The molecular weight excluding hydrogens is 256 g/mol. The van der Waals surface area contributed by atoms with Crippen molar-refractivity contribution in [3.63, 3.8) is 0 Å². The zero-order valence-corrected chi connectivity index (χ0v) is 12.3. The lowest BCUT2D eigenvalue weighted by Gasteiger charge is -2.33. The van der Waals surface area contributed by atoms with Crippen molar-refractivity contribution in [3.8, 4) is 0 Å². The Morgan fingerprint density at radius 3 is 2.55 bits per heavy atom. The van der Waals surface area contributed by atoms with Crippen LogP contribution in [-0.4, -0.2) is 33.7 Å². The van der Waals surface area contributed by atoms with Crippen molar-refractivity contribution in [2.75, 3.05) is 11.4 Å². The van der Waals surface area contributed by atoms with E-state index in [4.69, 9.17) is 0 Å². The van der Waals surface area contributed by atoms with E-state index in [0.717, 1.165) is 12.2 Å². The summed E-state index contributed by atoms with van der Waals surface area (Å²) in [5, 5.41) is 7.12. The van der Waals surface area contributed by atoms with Crippen molar-refractivity contribution >= 4 is 17.5 Å². The zero-order chi connectivity index (χ0) is 14.8. The Kier molecular flexibility index (Phi) is 4.11. The fraction of sp³-hybridized carbons (Fsp3) is 0.643. The normalized spacial score (nSPS) is 18.9. The molecular formula is C14H22N4O2. The molecule has 0 aliphatic carbocycles. The molecule has 1 aliphatic heterocycles. The molecule has 0 radical (unpaired) electrons. The van der Waals surface area contributed by atoms with Crippen molar-refractivity contribution in [2.24, 2.45) is 0 Å². The van der Waals surface area contributed by atoms with Gasteiger partial charge in [0.05, 0.1) is 11.9 Å². The first-order valence-corrected chi connectivity index (χ1v) is 7.21. The second-order valence-electron chi connectivity index (χ2n) is 5.10. The lowest BCUT2D eigenvalue weighted by molar-refractivity contribution is -0.130. The van der Waals surface area contributed by atoms with Gasteiger partial charge in [-0.3, -0.25) is 14.3 Å². The topological polar surface area (TPSA) is 67.2 Å². The molecule has 20 heavy (non-hydrogen) atoms. The van der Waals surface area contributed by atoms with Gasteiger partial charge in [0.1, 0.15) is 5.54 Å². The average Bonchev–Trinajstić information content (AvgIpc) is 2.89. The van der Waals surface area contributed by atoms with E-state index in [1.807, 2.05) is 27.0 Å². The van der Waals surface area contributed by atoms with E-state index in [2.05, 4.69) is 10.4 Å². The number of aromatic nitrogens is 2. The van der Waals surface area contributed by atoms with Gasteiger partial charge in [-0.15, -0.1) is 0 Å². The second kappa shape index (κ2) is 5.64. The summed E-state index contributed by atoms with van der Waals surface area (Å²) in [6, 6.07) is 0. The Hall–Kier alpha value is -1.85. The first-order chi connectivity index (χ1) is 9.56. The maximum Gasteiger partial charge on any atom is 0.252 e. The van der Waals surface area contributed by atoms with E-state index in [9.17, 15) is 9.59 Å². The average molecular weight is 278 g/mol. The van der Waals surface area contributed by atoms with E-state index < -0.39 is 5.54 Å². The van der Waals surface area contributed by atoms with Crippen molar-refractivity contribution < 1.29 is 9.59 Å². The summed E-state index contributed by atoms with van der Waals surface area (Å²) in [6.45, 7) is 7.02. The molecule has 1 N–H and O–H groups in total. The highest BCUT2D eigenvalue weighted by molar-refractivity contribution is 6.04. The summed E-state index contributed by atoms with van der Waals surface area (Å²) >= 11 is 0. The van der Waals surface area contributed by atoms with Crippen LogP contribution < -0.4 is 10.2 Å². The number of hydrogen-bond donors (Lipinski definition) is 1. The number of anilines is 1. The highest BCUT2D eigenvalue weighted by atomic mass is 16.2. The summed E-state index contributed by atoms with van der Waals surface area (Å²) in [4.78, 5) is 26.4. The zero-order valence-electron chi connectivity index (χ0n) is 12.3. The molecule has 1 fully saturated rings. The number of carbonyl (C=O) groups excluding carboxylic acids is 2. The number of nitrogens with zero attached hydrogens (tertiary/aromatic N) is 3. The van der Waals surface area contributed by atoms with Crippen LogP contribution in [0.15, 0.2) is 12.4 Å². The highest BCUT2D eigenvalue weighted by Gasteiger charge is 2.42. The van der Waals surface area contributed by atoms with Crippen molar-refractivity contribution in [2.45, 2.75) is 52.1 Å². The number of carbonyl (C=O) groups is 2. The van der Waals surface area contributed by atoms with E-state index in [1.165, 1.54) is 0 Å².